The summed E-state index contributed by atoms with van der Waals surface area (Å²) in [5.41, 5.74) is 3.78. The molecule has 29 heavy (non-hydrogen) atoms. The summed E-state index contributed by atoms with van der Waals surface area (Å²) < 4.78 is 27.2. The Hall–Kier alpha value is -2.02. The van der Waals surface area contributed by atoms with Gasteiger partial charge in [0.05, 0.1) is 4.90 Å². The maximum Gasteiger partial charge on any atom is 0.240 e. The summed E-state index contributed by atoms with van der Waals surface area (Å²) in [4.78, 5) is 25.7. The van der Waals surface area contributed by atoms with Crippen molar-refractivity contribution < 1.29 is 18.0 Å². The summed E-state index contributed by atoms with van der Waals surface area (Å²) in [6.07, 6.45) is 0.441. The molecular weight excluding hydrogens is 410 g/mol. The number of rotatable bonds is 6. The van der Waals surface area contributed by atoms with Crippen LogP contribution in [0.3, 0.4) is 0 Å². The quantitative estimate of drug-likeness (QED) is 0.701. The third-order valence-corrected chi connectivity index (χ3v) is 7.12. The van der Waals surface area contributed by atoms with Crippen LogP contribution in [0.1, 0.15) is 41.0 Å². The number of ketones is 2. The zero-order valence-corrected chi connectivity index (χ0v) is 18.2. The van der Waals surface area contributed by atoms with Gasteiger partial charge in [0, 0.05) is 23.9 Å². The molecule has 2 unspecified atom stereocenters. The normalized spacial score (nSPS) is 19.7. The first kappa shape index (κ1) is 21.7. The Labute approximate surface area is 176 Å². The van der Waals surface area contributed by atoms with Gasteiger partial charge in [-0.05, 0) is 68.1 Å². The van der Waals surface area contributed by atoms with Crippen molar-refractivity contribution in [1.29, 1.82) is 0 Å². The second kappa shape index (κ2) is 8.38. The van der Waals surface area contributed by atoms with Gasteiger partial charge in [0.1, 0.15) is 11.7 Å². The lowest BCUT2D eigenvalue weighted by Crippen LogP contribution is -2.27. The molecule has 0 amide bonds. The van der Waals surface area contributed by atoms with Gasteiger partial charge in [0.25, 0.3) is 0 Å². The van der Waals surface area contributed by atoms with Crippen LogP contribution in [-0.4, -0.2) is 26.5 Å². The van der Waals surface area contributed by atoms with Crippen LogP contribution < -0.4 is 4.72 Å². The average Bonchev–Trinajstić information content (AvgIpc) is 2.89. The number of benzene rings is 2. The molecule has 0 radical (unpaired) electrons. The molecule has 7 heteroatoms. The van der Waals surface area contributed by atoms with Crippen LogP contribution in [0.25, 0.3) is 0 Å². The van der Waals surface area contributed by atoms with Gasteiger partial charge in [-0.1, -0.05) is 29.3 Å². The van der Waals surface area contributed by atoms with E-state index in [1.807, 2.05) is 32.9 Å². The van der Waals surface area contributed by atoms with Gasteiger partial charge in [-0.3, -0.25) is 9.59 Å². The van der Waals surface area contributed by atoms with E-state index in [1.54, 1.807) is 0 Å². The van der Waals surface area contributed by atoms with E-state index in [1.165, 1.54) is 24.3 Å². The fourth-order valence-electron chi connectivity index (χ4n) is 4.11. The zero-order chi connectivity index (χ0) is 21.3. The summed E-state index contributed by atoms with van der Waals surface area (Å²) in [6.45, 7) is 5.91. The molecule has 0 heterocycles. The highest BCUT2D eigenvalue weighted by atomic mass is 35.5. The Morgan fingerprint density at radius 1 is 1.03 bits per heavy atom. The molecule has 3 rings (SSSR count). The number of hydrogen-bond donors (Lipinski definition) is 1. The molecule has 0 saturated heterocycles. The van der Waals surface area contributed by atoms with Crippen molar-refractivity contribution in [3.05, 3.63) is 63.7 Å². The van der Waals surface area contributed by atoms with Crippen molar-refractivity contribution in [2.45, 2.75) is 44.4 Å². The van der Waals surface area contributed by atoms with E-state index < -0.39 is 21.9 Å². The second-order valence-corrected chi connectivity index (χ2v) is 9.86. The van der Waals surface area contributed by atoms with Gasteiger partial charge in [-0.25, -0.2) is 13.1 Å². The lowest BCUT2D eigenvalue weighted by Gasteiger charge is -2.16. The van der Waals surface area contributed by atoms with Crippen molar-refractivity contribution in [3.63, 3.8) is 0 Å². The fourth-order valence-corrected chi connectivity index (χ4v) is 5.29. The average molecular weight is 434 g/mol. The van der Waals surface area contributed by atoms with Crippen LogP contribution in [0.15, 0.2) is 41.3 Å². The SMILES string of the molecule is Cc1cc(C)c(C2C(=O)CC(CCNS(=O)(=O)c3ccc(Cl)cc3)C2=O)c(C)c1. The second-order valence-electron chi connectivity index (χ2n) is 7.66. The molecule has 154 valence electrons. The Bertz CT molecular complexity index is 1040. The van der Waals surface area contributed by atoms with Gasteiger partial charge < -0.3 is 0 Å². The summed E-state index contributed by atoms with van der Waals surface area (Å²) in [6, 6.07) is 9.83. The molecule has 0 bridgehead atoms. The number of aryl methyl sites for hydroxylation is 3. The topological polar surface area (TPSA) is 80.3 Å². The maximum atomic E-state index is 13.0. The molecule has 0 spiro atoms. The summed E-state index contributed by atoms with van der Waals surface area (Å²) in [5.74, 6) is -1.42. The predicted octanol–water partition coefficient (Wildman–Crippen LogP) is 3.88. The Morgan fingerprint density at radius 2 is 1.62 bits per heavy atom. The first-order chi connectivity index (χ1) is 13.6. The lowest BCUT2D eigenvalue weighted by molar-refractivity contribution is -0.124. The number of halogens is 1. The molecule has 2 aromatic rings. The van der Waals surface area contributed by atoms with Gasteiger partial charge in [0.15, 0.2) is 5.78 Å². The minimum Gasteiger partial charge on any atom is -0.298 e. The van der Waals surface area contributed by atoms with Crippen LogP contribution in [-0.2, 0) is 19.6 Å². The molecule has 1 aliphatic carbocycles. The monoisotopic (exact) mass is 433 g/mol. The first-order valence-electron chi connectivity index (χ1n) is 9.49. The highest BCUT2D eigenvalue weighted by Crippen LogP contribution is 2.37. The largest absolute Gasteiger partial charge is 0.298 e. The van der Waals surface area contributed by atoms with E-state index in [-0.39, 0.29) is 35.8 Å². The standard InChI is InChI=1S/C22H24ClNO4S/c1-13-10-14(2)20(15(3)11-13)21-19(25)12-16(22(21)26)8-9-24-29(27,28)18-6-4-17(23)5-7-18/h4-7,10-11,16,21,24H,8-9,12H2,1-3H3. The number of hydrogen-bond acceptors (Lipinski definition) is 4. The molecule has 2 atom stereocenters. The molecule has 1 aliphatic rings. The Morgan fingerprint density at radius 3 is 2.21 bits per heavy atom. The van der Waals surface area contributed by atoms with Crippen LogP contribution in [0, 0.1) is 26.7 Å². The van der Waals surface area contributed by atoms with Gasteiger partial charge in [-0.15, -0.1) is 0 Å². The highest BCUT2D eigenvalue weighted by Gasteiger charge is 2.42. The Kier molecular flexibility index (Phi) is 6.27. The van der Waals surface area contributed by atoms with Crippen molar-refractivity contribution in [3.8, 4) is 0 Å². The number of carbonyl (C=O) groups excluding carboxylic acids is 2. The molecule has 1 saturated carbocycles. The minimum atomic E-state index is -3.69. The fraction of sp³-hybridized carbons (Fsp3) is 0.364. The van der Waals surface area contributed by atoms with Crippen LogP contribution >= 0.6 is 11.6 Å². The van der Waals surface area contributed by atoms with Crippen LogP contribution in [0.2, 0.25) is 5.02 Å². The minimum absolute atomic E-state index is 0.0874. The zero-order valence-electron chi connectivity index (χ0n) is 16.7. The third kappa shape index (κ3) is 4.60. The van der Waals surface area contributed by atoms with Crippen molar-refractivity contribution in [1.82, 2.24) is 4.72 Å². The van der Waals surface area contributed by atoms with Gasteiger partial charge in [0.2, 0.25) is 10.0 Å². The third-order valence-electron chi connectivity index (χ3n) is 5.39. The van der Waals surface area contributed by atoms with E-state index in [0.717, 1.165) is 22.3 Å². The van der Waals surface area contributed by atoms with E-state index >= 15 is 0 Å². The van der Waals surface area contributed by atoms with Crippen molar-refractivity contribution >= 4 is 33.2 Å². The van der Waals surface area contributed by atoms with Crippen molar-refractivity contribution in [2.24, 2.45) is 5.92 Å². The summed E-state index contributed by atoms with van der Waals surface area (Å²) in [7, 11) is -3.69. The number of Topliss-reactive ketones (excluding diaryl/α,β-unsaturated/α-hetero) is 2. The maximum absolute atomic E-state index is 13.0. The molecular formula is C22H24ClNO4S. The molecule has 0 aromatic heterocycles. The van der Waals surface area contributed by atoms with E-state index in [9.17, 15) is 18.0 Å². The first-order valence-corrected chi connectivity index (χ1v) is 11.4. The molecule has 1 fully saturated rings. The highest BCUT2D eigenvalue weighted by molar-refractivity contribution is 7.89. The molecule has 0 aliphatic heterocycles. The Balaban J connectivity index is 1.69. The molecule has 5 nitrogen and oxygen atoms in total. The molecule has 2 aromatic carbocycles. The smallest absolute Gasteiger partial charge is 0.240 e. The van der Waals surface area contributed by atoms with Crippen LogP contribution in [0.4, 0.5) is 0 Å². The van der Waals surface area contributed by atoms with Crippen molar-refractivity contribution in [2.75, 3.05) is 6.54 Å². The van der Waals surface area contributed by atoms with Gasteiger partial charge >= 0.3 is 0 Å². The van der Waals surface area contributed by atoms with E-state index in [2.05, 4.69) is 4.72 Å². The molecule has 1 N–H and O–H groups in total. The predicted molar refractivity (Wildman–Crippen MR) is 113 cm³/mol. The van der Waals surface area contributed by atoms with Gasteiger partial charge in [-0.2, -0.15) is 0 Å². The summed E-state index contributed by atoms with van der Waals surface area (Å²) >= 11 is 5.79. The van der Waals surface area contributed by atoms with Crippen LogP contribution in [0.5, 0.6) is 0 Å². The lowest BCUT2D eigenvalue weighted by atomic mass is 9.86. The van der Waals surface area contributed by atoms with E-state index in [0.29, 0.717) is 5.02 Å². The van der Waals surface area contributed by atoms with E-state index in [4.69, 9.17) is 11.6 Å². The number of carbonyl (C=O) groups is 2. The number of nitrogens with one attached hydrogen (secondary N) is 1. The summed E-state index contributed by atoms with van der Waals surface area (Å²) in [5, 5.41) is 0.451. The number of sulfonamides is 1.